The molecule has 1 unspecified atom stereocenters. The maximum absolute atomic E-state index is 11.8. The second-order valence-corrected chi connectivity index (χ2v) is 5.17. The molecule has 0 aromatic heterocycles. The van der Waals surface area contributed by atoms with Crippen LogP contribution in [0.3, 0.4) is 0 Å². The molecule has 0 saturated carbocycles. The second kappa shape index (κ2) is 8.08. The summed E-state index contributed by atoms with van der Waals surface area (Å²) in [6, 6.07) is 9.41. The minimum absolute atomic E-state index is 0.0255. The van der Waals surface area contributed by atoms with Crippen molar-refractivity contribution in [2.45, 2.75) is 25.8 Å². The van der Waals surface area contributed by atoms with Crippen LogP contribution in [-0.4, -0.2) is 42.5 Å². The third kappa shape index (κ3) is 4.81. The van der Waals surface area contributed by atoms with Crippen LogP contribution in [0.25, 0.3) is 0 Å². The van der Waals surface area contributed by atoms with Gasteiger partial charge in [0.25, 0.3) is 0 Å². The van der Waals surface area contributed by atoms with Gasteiger partial charge in [-0.05, 0) is 18.6 Å². The minimum atomic E-state index is -0.238. The number of urea groups is 1. The van der Waals surface area contributed by atoms with E-state index in [1.807, 2.05) is 37.3 Å². The van der Waals surface area contributed by atoms with Crippen molar-refractivity contribution in [2.24, 2.45) is 0 Å². The third-order valence-corrected chi connectivity index (χ3v) is 3.52. The highest BCUT2D eigenvalue weighted by molar-refractivity contribution is 5.77. The summed E-state index contributed by atoms with van der Waals surface area (Å²) in [7, 11) is 0. The molecule has 2 N–H and O–H groups in total. The summed E-state index contributed by atoms with van der Waals surface area (Å²) in [5, 5.41) is 5.59. The van der Waals surface area contributed by atoms with Gasteiger partial charge in [0.1, 0.15) is 0 Å². The van der Waals surface area contributed by atoms with E-state index in [1.165, 1.54) is 0 Å². The standard InChI is InChI=1S/C17H21N3O2/c1-2-16(21)20-12-10-15(13-20)19-17(22)18-11-6-9-14-7-4-3-5-8-14/h3-5,7-8,15H,2,10-13H2,1H3,(H2,18,19,22). The fourth-order valence-corrected chi connectivity index (χ4v) is 2.36. The maximum atomic E-state index is 11.8. The van der Waals surface area contributed by atoms with Crippen molar-refractivity contribution in [3.8, 4) is 11.8 Å². The van der Waals surface area contributed by atoms with Gasteiger partial charge in [-0.2, -0.15) is 0 Å². The molecule has 1 aliphatic heterocycles. The van der Waals surface area contributed by atoms with Crippen molar-refractivity contribution in [1.29, 1.82) is 0 Å². The lowest BCUT2D eigenvalue weighted by molar-refractivity contribution is -0.129. The van der Waals surface area contributed by atoms with Crippen molar-refractivity contribution >= 4 is 11.9 Å². The molecule has 5 nitrogen and oxygen atoms in total. The molecular weight excluding hydrogens is 278 g/mol. The molecule has 5 heteroatoms. The maximum Gasteiger partial charge on any atom is 0.315 e. The molecule has 1 aliphatic rings. The molecular formula is C17H21N3O2. The summed E-state index contributed by atoms with van der Waals surface area (Å²) in [6.45, 7) is 3.45. The quantitative estimate of drug-likeness (QED) is 0.828. The van der Waals surface area contributed by atoms with E-state index in [0.29, 0.717) is 26.1 Å². The summed E-state index contributed by atoms with van der Waals surface area (Å²) in [5.74, 6) is 6.02. The number of carbonyl (C=O) groups excluding carboxylic acids is 2. The first-order chi connectivity index (χ1) is 10.7. The second-order valence-electron chi connectivity index (χ2n) is 5.17. The van der Waals surface area contributed by atoms with Crippen LogP contribution in [0.1, 0.15) is 25.3 Å². The number of nitrogens with one attached hydrogen (secondary N) is 2. The Balaban J connectivity index is 1.69. The molecule has 1 atom stereocenters. The monoisotopic (exact) mass is 299 g/mol. The van der Waals surface area contributed by atoms with Crippen LogP contribution in [0.15, 0.2) is 30.3 Å². The number of nitrogens with zero attached hydrogens (tertiary/aromatic N) is 1. The first kappa shape index (κ1) is 15.9. The summed E-state index contributed by atoms with van der Waals surface area (Å²) in [5.41, 5.74) is 0.925. The molecule has 0 aliphatic carbocycles. The van der Waals surface area contributed by atoms with Gasteiger partial charge >= 0.3 is 6.03 Å². The highest BCUT2D eigenvalue weighted by Gasteiger charge is 2.26. The smallest absolute Gasteiger partial charge is 0.315 e. The van der Waals surface area contributed by atoms with Gasteiger partial charge in [-0.15, -0.1) is 0 Å². The Morgan fingerprint density at radius 1 is 1.32 bits per heavy atom. The summed E-state index contributed by atoms with van der Waals surface area (Å²) >= 11 is 0. The van der Waals surface area contributed by atoms with Crippen molar-refractivity contribution < 1.29 is 9.59 Å². The van der Waals surface area contributed by atoms with E-state index in [1.54, 1.807) is 4.90 Å². The lowest BCUT2D eigenvalue weighted by Gasteiger charge is -2.16. The Labute approximate surface area is 131 Å². The molecule has 1 saturated heterocycles. The fourth-order valence-electron chi connectivity index (χ4n) is 2.36. The van der Waals surface area contributed by atoms with Crippen molar-refractivity contribution in [2.75, 3.05) is 19.6 Å². The number of carbonyl (C=O) groups is 2. The van der Waals surface area contributed by atoms with Crippen LogP contribution in [0.5, 0.6) is 0 Å². The van der Waals surface area contributed by atoms with Gasteiger partial charge in [-0.25, -0.2) is 4.79 Å². The van der Waals surface area contributed by atoms with E-state index in [9.17, 15) is 9.59 Å². The zero-order valence-corrected chi connectivity index (χ0v) is 12.8. The van der Waals surface area contributed by atoms with Crippen molar-refractivity contribution in [3.05, 3.63) is 35.9 Å². The summed E-state index contributed by atoms with van der Waals surface area (Å²) < 4.78 is 0. The molecule has 3 amide bonds. The average molecular weight is 299 g/mol. The molecule has 1 aromatic rings. The van der Waals surface area contributed by atoms with E-state index in [2.05, 4.69) is 22.5 Å². The van der Waals surface area contributed by atoms with Gasteiger partial charge in [0.15, 0.2) is 0 Å². The Kier molecular flexibility index (Phi) is 5.84. The molecule has 1 heterocycles. The van der Waals surface area contributed by atoms with Crippen LogP contribution in [0.2, 0.25) is 0 Å². The van der Waals surface area contributed by atoms with Crippen LogP contribution in [-0.2, 0) is 4.79 Å². The van der Waals surface area contributed by atoms with Crippen LogP contribution >= 0.6 is 0 Å². The average Bonchev–Trinajstić information content (AvgIpc) is 3.00. The number of amides is 3. The van der Waals surface area contributed by atoms with E-state index in [4.69, 9.17) is 0 Å². The Morgan fingerprint density at radius 3 is 2.82 bits per heavy atom. The SMILES string of the molecule is CCC(=O)N1CCC(NC(=O)NCC#Cc2ccccc2)C1. The Hall–Kier alpha value is -2.48. The van der Waals surface area contributed by atoms with Gasteiger partial charge in [0.2, 0.25) is 5.91 Å². The lowest BCUT2D eigenvalue weighted by atomic mass is 10.2. The lowest BCUT2D eigenvalue weighted by Crippen LogP contribution is -2.43. The molecule has 0 bridgehead atoms. The van der Waals surface area contributed by atoms with E-state index in [-0.39, 0.29) is 18.0 Å². The van der Waals surface area contributed by atoms with Crippen molar-refractivity contribution in [1.82, 2.24) is 15.5 Å². The molecule has 2 rings (SSSR count). The summed E-state index contributed by atoms with van der Waals surface area (Å²) in [6.07, 6.45) is 1.31. The van der Waals surface area contributed by atoms with Gasteiger partial charge in [0, 0.05) is 31.1 Å². The minimum Gasteiger partial charge on any atom is -0.341 e. The molecule has 0 spiro atoms. The zero-order valence-electron chi connectivity index (χ0n) is 12.8. The van der Waals surface area contributed by atoms with Gasteiger partial charge in [-0.1, -0.05) is 37.0 Å². The predicted octanol–water partition coefficient (Wildman–Crippen LogP) is 1.35. The highest BCUT2D eigenvalue weighted by Crippen LogP contribution is 2.10. The normalized spacial score (nSPS) is 16.6. The largest absolute Gasteiger partial charge is 0.341 e. The zero-order chi connectivity index (χ0) is 15.8. The van der Waals surface area contributed by atoms with E-state index < -0.39 is 0 Å². The van der Waals surface area contributed by atoms with Gasteiger partial charge in [-0.3, -0.25) is 4.79 Å². The van der Waals surface area contributed by atoms with E-state index >= 15 is 0 Å². The van der Waals surface area contributed by atoms with Crippen LogP contribution in [0.4, 0.5) is 4.79 Å². The summed E-state index contributed by atoms with van der Waals surface area (Å²) in [4.78, 5) is 25.1. The van der Waals surface area contributed by atoms with E-state index in [0.717, 1.165) is 12.0 Å². The van der Waals surface area contributed by atoms with Crippen molar-refractivity contribution in [3.63, 3.8) is 0 Å². The van der Waals surface area contributed by atoms with Gasteiger partial charge in [0.05, 0.1) is 6.54 Å². The first-order valence-electron chi connectivity index (χ1n) is 7.55. The molecule has 116 valence electrons. The molecule has 0 radical (unpaired) electrons. The fraction of sp³-hybridized carbons (Fsp3) is 0.412. The number of likely N-dealkylation sites (tertiary alicyclic amines) is 1. The topological polar surface area (TPSA) is 61.4 Å². The van der Waals surface area contributed by atoms with Gasteiger partial charge < -0.3 is 15.5 Å². The molecule has 1 aromatic carbocycles. The third-order valence-electron chi connectivity index (χ3n) is 3.52. The Bertz CT molecular complexity index is 575. The first-order valence-corrected chi connectivity index (χ1v) is 7.55. The molecule has 22 heavy (non-hydrogen) atoms. The Morgan fingerprint density at radius 2 is 2.09 bits per heavy atom. The highest BCUT2D eigenvalue weighted by atomic mass is 16.2. The van der Waals surface area contributed by atoms with Crippen LogP contribution in [0, 0.1) is 11.8 Å². The molecule has 1 fully saturated rings. The number of hydrogen-bond donors (Lipinski definition) is 2. The van der Waals surface area contributed by atoms with Crippen LogP contribution < -0.4 is 10.6 Å². The number of benzene rings is 1. The predicted molar refractivity (Wildman–Crippen MR) is 85.1 cm³/mol. The number of hydrogen-bond acceptors (Lipinski definition) is 2. The number of rotatable bonds is 3.